The molecule has 0 aliphatic rings. The number of benzene rings is 1. The Morgan fingerprint density at radius 3 is 2.33 bits per heavy atom. The van der Waals surface area contributed by atoms with Crippen molar-refractivity contribution >= 4 is 27.3 Å². The van der Waals surface area contributed by atoms with Crippen LogP contribution in [0.3, 0.4) is 0 Å². The zero-order valence-corrected chi connectivity index (χ0v) is 12.7. The average Bonchev–Trinajstić information content (AvgIpc) is 2.85. The number of halogens is 2. The van der Waals surface area contributed by atoms with Crippen LogP contribution in [-0.2, 0) is 12.8 Å². The van der Waals surface area contributed by atoms with Crippen molar-refractivity contribution in [2.75, 3.05) is 5.33 Å². The molecule has 0 fully saturated rings. The van der Waals surface area contributed by atoms with Gasteiger partial charge in [-0.25, -0.2) is 4.39 Å². The highest BCUT2D eigenvalue weighted by Gasteiger charge is 2.12. The molecule has 0 aliphatic carbocycles. The van der Waals surface area contributed by atoms with Crippen LogP contribution in [0.4, 0.5) is 4.39 Å². The topological polar surface area (TPSA) is 0 Å². The lowest BCUT2D eigenvalue weighted by molar-refractivity contribution is 0.625. The van der Waals surface area contributed by atoms with Crippen LogP contribution in [0, 0.1) is 5.82 Å². The second kappa shape index (κ2) is 6.48. The van der Waals surface area contributed by atoms with Gasteiger partial charge in [0.2, 0.25) is 0 Å². The summed E-state index contributed by atoms with van der Waals surface area (Å²) < 4.78 is 12.9. The molecule has 0 saturated heterocycles. The Morgan fingerprint density at radius 1 is 1.11 bits per heavy atom. The molecule has 18 heavy (non-hydrogen) atoms. The van der Waals surface area contributed by atoms with Gasteiger partial charge in [-0.05, 0) is 48.6 Å². The lowest BCUT2D eigenvalue weighted by Gasteiger charge is -2.13. The highest BCUT2D eigenvalue weighted by atomic mass is 79.9. The SMILES string of the molecule is CCc1ccc(CC(CBr)c2ccc(F)cc2)s1. The smallest absolute Gasteiger partial charge is 0.123 e. The third-order valence-corrected chi connectivity index (χ3v) is 5.07. The molecule has 1 heterocycles. The third-order valence-electron chi connectivity index (χ3n) is 3.04. The number of hydrogen-bond donors (Lipinski definition) is 0. The van der Waals surface area contributed by atoms with E-state index < -0.39 is 0 Å². The first-order chi connectivity index (χ1) is 8.72. The first-order valence-corrected chi connectivity index (χ1v) is 8.05. The van der Waals surface area contributed by atoms with Gasteiger partial charge in [0.25, 0.3) is 0 Å². The Balaban J connectivity index is 2.11. The molecule has 0 saturated carbocycles. The summed E-state index contributed by atoms with van der Waals surface area (Å²) in [6, 6.07) is 11.3. The Kier molecular flexibility index (Phi) is 4.95. The van der Waals surface area contributed by atoms with Crippen molar-refractivity contribution in [1.82, 2.24) is 0 Å². The maximum absolute atomic E-state index is 12.9. The summed E-state index contributed by atoms with van der Waals surface area (Å²) in [5, 5.41) is 0.901. The molecule has 0 spiro atoms. The fourth-order valence-electron chi connectivity index (χ4n) is 1.96. The molecule has 0 aliphatic heterocycles. The van der Waals surface area contributed by atoms with Gasteiger partial charge >= 0.3 is 0 Å². The summed E-state index contributed by atoms with van der Waals surface area (Å²) in [6.07, 6.45) is 2.11. The minimum atomic E-state index is -0.170. The van der Waals surface area contributed by atoms with Gasteiger partial charge in [0.05, 0.1) is 0 Å². The molecular formula is C15H16BrFS. The minimum Gasteiger partial charge on any atom is -0.207 e. The predicted octanol–water partition coefficient (Wildman–Crippen LogP) is 5.17. The molecule has 0 amide bonds. The predicted molar refractivity (Wildman–Crippen MR) is 80.3 cm³/mol. The molecule has 0 radical (unpaired) electrons. The van der Waals surface area contributed by atoms with Gasteiger partial charge in [-0.3, -0.25) is 0 Å². The summed E-state index contributed by atoms with van der Waals surface area (Å²) >= 11 is 5.44. The van der Waals surface area contributed by atoms with E-state index >= 15 is 0 Å². The summed E-state index contributed by atoms with van der Waals surface area (Å²) in [5.74, 6) is 0.241. The first-order valence-electron chi connectivity index (χ1n) is 6.12. The second-order valence-electron chi connectivity index (χ2n) is 4.33. The lowest BCUT2D eigenvalue weighted by atomic mass is 9.97. The van der Waals surface area contributed by atoms with E-state index in [1.165, 1.54) is 27.5 Å². The molecule has 96 valence electrons. The lowest BCUT2D eigenvalue weighted by Crippen LogP contribution is -2.03. The molecule has 1 aromatic heterocycles. The van der Waals surface area contributed by atoms with Crippen molar-refractivity contribution in [2.24, 2.45) is 0 Å². The zero-order valence-electron chi connectivity index (χ0n) is 10.3. The Morgan fingerprint density at radius 2 is 1.78 bits per heavy atom. The van der Waals surface area contributed by atoms with E-state index in [9.17, 15) is 4.39 Å². The molecule has 0 nitrogen and oxygen atoms in total. The van der Waals surface area contributed by atoms with Crippen molar-refractivity contribution in [1.29, 1.82) is 0 Å². The number of alkyl halides is 1. The molecule has 1 unspecified atom stereocenters. The van der Waals surface area contributed by atoms with Crippen LogP contribution in [0.25, 0.3) is 0 Å². The van der Waals surface area contributed by atoms with Gasteiger partial charge in [0.15, 0.2) is 0 Å². The standard InChI is InChI=1S/C15H16BrFS/c1-2-14-7-8-15(18-14)9-12(10-16)11-3-5-13(17)6-4-11/h3-8,12H,2,9-10H2,1H3. The fraction of sp³-hybridized carbons (Fsp3) is 0.333. The van der Waals surface area contributed by atoms with Gasteiger partial charge in [-0.2, -0.15) is 0 Å². The van der Waals surface area contributed by atoms with Crippen molar-refractivity contribution in [3.05, 3.63) is 57.5 Å². The molecule has 2 rings (SSSR count). The summed E-state index contributed by atoms with van der Waals surface area (Å²) in [4.78, 5) is 2.83. The zero-order chi connectivity index (χ0) is 13.0. The van der Waals surface area contributed by atoms with E-state index in [-0.39, 0.29) is 5.82 Å². The Labute approximate surface area is 120 Å². The normalized spacial score (nSPS) is 12.6. The minimum absolute atomic E-state index is 0.170. The van der Waals surface area contributed by atoms with Gasteiger partial charge in [-0.15, -0.1) is 11.3 Å². The number of thiophene rings is 1. The number of hydrogen-bond acceptors (Lipinski definition) is 1. The van der Waals surface area contributed by atoms with Gasteiger partial charge in [0.1, 0.15) is 5.82 Å². The molecule has 0 N–H and O–H groups in total. The van der Waals surface area contributed by atoms with Crippen molar-refractivity contribution in [2.45, 2.75) is 25.7 Å². The van der Waals surface area contributed by atoms with Crippen LogP contribution < -0.4 is 0 Å². The maximum Gasteiger partial charge on any atom is 0.123 e. The summed E-state index contributed by atoms with van der Waals surface area (Å²) in [5.41, 5.74) is 1.19. The monoisotopic (exact) mass is 326 g/mol. The molecule has 2 aromatic rings. The van der Waals surface area contributed by atoms with E-state index in [1.807, 2.05) is 23.5 Å². The van der Waals surface area contributed by atoms with E-state index in [0.717, 1.165) is 18.2 Å². The quantitative estimate of drug-likeness (QED) is 0.665. The van der Waals surface area contributed by atoms with Crippen molar-refractivity contribution in [3.63, 3.8) is 0 Å². The molecule has 1 atom stereocenters. The average molecular weight is 327 g/mol. The number of aryl methyl sites for hydroxylation is 1. The van der Waals surface area contributed by atoms with Crippen LogP contribution >= 0.6 is 27.3 Å². The molecule has 3 heteroatoms. The molecular weight excluding hydrogens is 311 g/mol. The fourth-order valence-corrected chi connectivity index (χ4v) is 3.60. The largest absolute Gasteiger partial charge is 0.207 e. The highest BCUT2D eigenvalue weighted by molar-refractivity contribution is 9.09. The Hall–Kier alpha value is -0.670. The second-order valence-corrected chi connectivity index (χ2v) is 6.23. The van der Waals surface area contributed by atoms with Crippen LogP contribution in [-0.4, -0.2) is 5.33 Å². The van der Waals surface area contributed by atoms with Crippen molar-refractivity contribution in [3.8, 4) is 0 Å². The van der Waals surface area contributed by atoms with E-state index in [4.69, 9.17) is 0 Å². The maximum atomic E-state index is 12.9. The van der Waals surface area contributed by atoms with Gasteiger partial charge < -0.3 is 0 Å². The van der Waals surface area contributed by atoms with E-state index in [0.29, 0.717) is 5.92 Å². The van der Waals surface area contributed by atoms with Crippen LogP contribution in [0.15, 0.2) is 36.4 Å². The van der Waals surface area contributed by atoms with Crippen molar-refractivity contribution < 1.29 is 4.39 Å². The Bertz CT molecular complexity index is 489. The van der Waals surface area contributed by atoms with E-state index in [1.54, 1.807) is 0 Å². The number of rotatable bonds is 5. The highest BCUT2D eigenvalue weighted by Crippen LogP contribution is 2.27. The third kappa shape index (κ3) is 3.42. The van der Waals surface area contributed by atoms with Gasteiger partial charge in [-0.1, -0.05) is 35.0 Å². The summed E-state index contributed by atoms with van der Waals surface area (Å²) in [7, 11) is 0. The first kappa shape index (κ1) is 13.8. The van der Waals surface area contributed by atoms with Crippen LogP contribution in [0.5, 0.6) is 0 Å². The molecule has 0 bridgehead atoms. The molecule has 1 aromatic carbocycles. The van der Waals surface area contributed by atoms with Gasteiger partial charge in [0, 0.05) is 15.1 Å². The van der Waals surface area contributed by atoms with Crippen LogP contribution in [0.2, 0.25) is 0 Å². The van der Waals surface area contributed by atoms with Crippen LogP contribution in [0.1, 0.15) is 28.2 Å². The summed E-state index contributed by atoms with van der Waals surface area (Å²) in [6.45, 7) is 2.18. The van der Waals surface area contributed by atoms with E-state index in [2.05, 4.69) is 35.0 Å².